The van der Waals surface area contributed by atoms with Gasteiger partial charge in [0.15, 0.2) is 17.1 Å². The summed E-state index contributed by atoms with van der Waals surface area (Å²) in [6.07, 6.45) is 3.82. The lowest BCUT2D eigenvalue weighted by molar-refractivity contribution is -0.114. The van der Waals surface area contributed by atoms with E-state index in [9.17, 15) is 4.79 Å². The second-order valence-corrected chi connectivity index (χ2v) is 8.47. The van der Waals surface area contributed by atoms with Gasteiger partial charge in [0.1, 0.15) is 0 Å². The van der Waals surface area contributed by atoms with Crippen LogP contribution in [0.2, 0.25) is 0 Å². The maximum absolute atomic E-state index is 12.0. The van der Waals surface area contributed by atoms with Crippen LogP contribution in [-0.2, 0) is 11.3 Å². The summed E-state index contributed by atoms with van der Waals surface area (Å²) in [5.41, 5.74) is 6.15. The average molecular weight is 475 g/mol. The van der Waals surface area contributed by atoms with Gasteiger partial charge in [0.25, 0.3) is 0 Å². The largest absolute Gasteiger partial charge is 0.493 e. The SMILES string of the molecule is COc1cc(-c2cnc3c(NC(C)=O)cc(-c4ccccc4CN(C)C)cn23)cc(OC)c1OC. The van der Waals surface area contributed by atoms with Crippen LogP contribution in [0, 0.1) is 0 Å². The molecule has 8 heteroatoms. The third kappa shape index (κ3) is 4.79. The van der Waals surface area contributed by atoms with Crippen molar-refractivity contribution in [1.29, 1.82) is 0 Å². The van der Waals surface area contributed by atoms with E-state index in [2.05, 4.69) is 27.3 Å². The molecule has 0 fully saturated rings. The Morgan fingerprint density at radius 3 is 2.29 bits per heavy atom. The zero-order valence-electron chi connectivity index (χ0n) is 20.9. The Balaban J connectivity index is 1.97. The number of nitrogens with zero attached hydrogens (tertiary/aromatic N) is 3. The van der Waals surface area contributed by atoms with E-state index >= 15 is 0 Å². The topological polar surface area (TPSA) is 77.3 Å². The van der Waals surface area contributed by atoms with E-state index in [1.165, 1.54) is 12.5 Å². The van der Waals surface area contributed by atoms with Crippen LogP contribution in [0.3, 0.4) is 0 Å². The van der Waals surface area contributed by atoms with Crippen molar-refractivity contribution < 1.29 is 19.0 Å². The Morgan fingerprint density at radius 2 is 1.69 bits per heavy atom. The number of methoxy groups -OCH3 is 3. The molecule has 0 spiro atoms. The van der Waals surface area contributed by atoms with Crippen molar-refractivity contribution in [3.05, 3.63) is 60.4 Å². The van der Waals surface area contributed by atoms with Gasteiger partial charge in [-0.15, -0.1) is 0 Å². The Kier molecular flexibility index (Phi) is 6.93. The fraction of sp³-hybridized carbons (Fsp3) is 0.259. The number of imidazole rings is 1. The maximum Gasteiger partial charge on any atom is 0.221 e. The van der Waals surface area contributed by atoms with Crippen LogP contribution in [0.25, 0.3) is 28.0 Å². The molecule has 2 heterocycles. The first-order valence-corrected chi connectivity index (χ1v) is 11.2. The summed E-state index contributed by atoms with van der Waals surface area (Å²) in [4.78, 5) is 18.8. The number of rotatable bonds is 8. The highest BCUT2D eigenvalue weighted by Crippen LogP contribution is 2.42. The van der Waals surface area contributed by atoms with Gasteiger partial charge in [0.2, 0.25) is 11.7 Å². The van der Waals surface area contributed by atoms with Crippen molar-refractivity contribution in [2.24, 2.45) is 0 Å². The Bertz CT molecular complexity index is 1350. The molecule has 0 unspecified atom stereocenters. The van der Waals surface area contributed by atoms with E-state index in [0.29, 0.717) is 28.6 Å². The maximum atomic E-state index is 12.0. The van der Waals surface area contributed by atoms with Gasteiger partial charge < -0.3 is 24.4 Å². The normalized spacial score (nSPS) is 11.1. The molecule has 0 saturated heterocycles. The number of anilines is 1. The third-order valence-electron chi connectivity index (χ3n) is 5.69. The molecular weight excluding hydrogens is 444 g/mol. The second-order valence-electron chi connectivity index (χ2n) is 8.47. The zero-order valence-corrected chi connectivity index (χ0v) is 20.9. The van der Waals surface area contributed by atoms with E-state index in [1.54, 1.807) is 27.5 Å². The molecule has 1 N–H and O–H groups in total. The summed E-state index contributed by atoms with van der Waals surface area (Å²) >= 11 is 0. The molecule has 4 rings (SSSR count). The number of ether oxygens (including phenoxy) is 3. The monoisotopic (exact) mass is 474 g/mol. The van der Waals surface area contributed by atoms with Gasteiger partial charge in [0.05, 0.1) is 38.9 Å². The van der Waals surface area contributed by atoms with Crippen LogP contribution >= 0.6 is 0 Å². The number of benzene rings is 2. The minimum absolute atomic E-state index is 0.164. The highest BCUT2D eigenvalue weighted by atomic mass is 16.5. The number of carbonyl (C=O) groups is 1. The molecule has 0 aliphatic heterocycles. The first kappa shape index (κ1) is 24.1. The molecular formula is C27H30N4O4. The molecule has 2 aromatic carbocycles. The lowest BCUT2D eigenvalue weighted by Gasteiger charge is -2.17. The minimum Gasteiger partial charge on any atom is -0.493 e. The molecule has 0 atom stereocenters. The molecule has 1 amide bonds. The molecule has 35 heavy (non-hydrogen) atoms. The molecule has 8 nitrogen and oxygen atoms in total. The summed E-state index contributed by atoms with van der Waals surface area (Å²) in [5, 5.41) is 2.94. The van der Waals surface area contributed by atoms with Gasteiger partial charge in [-0.25, -0.2) is 4.98 Å². The smallest absolute Gasteiger partial charge is 0.221 e. The summed E-state index contributed by atoms with van der Waals surface area (Å²) in [5.74, 6) is 1.45. The third-order valence-corrected chi connectivity index (χ3v) is 5.69. The van der Waals surface area contributed by atoms with Crippen molar-refractivity contribution in [2.45, 2.75) is 13.5 Å². The molecule has 4 aromatic rings. The van der Waals surface area contributed by atoms with Gasteiger partial charge in [-0.1, -0.05) is 24.3 Å². The first-order valence-electron chi connectivity index (χ1n) is 11.2. The van der Waals surface area contributed by atoms with Crippen molar-refractivity contribution in [3.63, 3.8) is 0 Å². The Morgan fingerprint density at radius 1 is 1.00 bits per heavy atom. The van der Waals surface area contributed by atoms with Gasteiger partial charge in [-0.2, -0.15) is 0 Å². The van der Waals surface area contributed by atoms with Crippen LogP contribution in [0.1, 0.15) is 12.5 Å². The van der Waals surface area contributed by atoms with Crippen LogP contribution in [0.15, 0.2) is 54.9 Å². The molecule has 182 valence electrons. The number of pyridine rings is 1. The Hall–Kier alpha value is -4.04. The summed E-state index contributed by atoms with van der Waals surface area (Å²) in [6, 6.07) is 14.0. The van der Waals surface area contributed by atoms with Gasteiger partial charge in [0, 0.05) is 30.8 Å². The van der Waals surface area contributed by atoms with Crippen molar-refractivity contribution in [3.8, 4) is 39.6 Å². The zero-order chi connectivity index (χ0) is 25.1. The molecule has 0 bridgehead atoms. The van der Waals surface area contributed by atoms with E-state index in [4.69, 9.17) is 14.2 Å². The number of carbonyl (C=O) groups excluding carboxylic acids is 1. The molecule has 0 aliphatic carbocycles. The first-order chi connectivity index (χ1) is 16.9. The summed E-state index contributed by atoms with van der Waals surface area (Å²) in [6.45, 7) is 2.28. The van der Waals surface area contributed by atoms with E-state index in [1.807, 2.05) is 55.0 Å². The standard InChI is InChI=1S/C27H30N4O4/c1-17(32)29-22-11-20(21-10-8-7-9-18(21)15-30(2)3)16-31-23(14-28-27(22)31)19-12-24(33-4)26(35-6)25(13-19)34-5/h7-14,16H,15H2,1-6H3,(H,29,32). The summed E-state index contributed by atoms with van der Waals surface area (Å²) < 4.78 is 18.6. The number of amides is 1. The highest BCUT2D eigenvalue weighted by Gasteiger charge is 2.19. The van der Waals surface area contributed by atoms with Crippen LogP contribution in [-0.4, -0.2) is 55.6 Å². The fourth-order valence-electron chi connectivity index (χ4n) is 4.24. The number of hydrogen-bond donors (Lipinski definition) is 1. The lowest BCUT2D eigenvalue weighted by Crippen LogP contribution is -2.12. The van der Waals surface area contributed by atoms with Crippen LogP contribution in [0.4, 0.5) is 5.69 Å². The van der Waals surface area contributed by atoms with E-state index in [0.717, 1.165) is 28.9 Å². The Labute approximate surface area is 205 Å². The predicted octanol–water partition coefficient (Wildman–Crippen LogP) is 4.71. The van der Waals surface area contributed by atoms with Gasteiger partial charge in [-0.05, 0) is 43.4 Å². The number of aromatic nitrogens is 2. The van der Waals surface area contributed by atoms with Gasteiger partial charge in [-0.3, -0.25) is 9.20 Å². The summed E-state index contributed by atoms with van der Waals surface area (Å²) in [7, 11) is 8.84. The number of nitrogens with one attached hydrogen (secondary N) is 1. The molecule has 0 radical (unpaired) electrons. The van der Waals surface area contributed by atoms with Crippen molar-refractivity contribution >= 4 is 17.2 Å². The molecule has 0 saturated carbocycles. The van der Waals surface area contributed by atoms with Crippen LogP contribution < -0.4 is 19.5 Å². The van der Waals surface area contributed by atoms with Crippen molar-refractivity contribution in [1.82, 2.24) is 14.3 Å². The quantitative estimate of drug-likeness (QED) is 0.398. The molecule has 0 aliphatic rings. The second kappa shape index (κ2) is 10.1. The highest BCUT2D eigenvalue weighted by molar-refractivity contribution is 5.94. The van der Waals surface area contributed by atoms with Gasteiger partial charge >= 0.3 is 0 Å². The predicted molar refractivity (Wildman–Crippen MR) is 137 cm³/mol. The molecule has 2 aromatic heterocycles. The number of fused-ring (bicyclic) bond motifs is 1. The van der Waals surface area contributed by atoms with E-state index < -0.39 is 0 Å². The minimum atomic E-state index is -0.164. The van der Waals surface area contributed by atoms with Crippen molar-refractivity contribution in [2.75, 3.05) is 40.7 Å². The van der Waals surface area contributed by atoms with Crippen LogP contribution in [0.5, 0.6) is 17.2 Å². The fourth-order valence-corrected chi connectivity index (χ4v) is 4.24. The lowest BCUT2D eigenvalue weighted by atomic mass is 10.00. The number of hydrogen-bond acceptors (Lipinski definition) is 6. The van der Waals surface area contributed by atoms with E-state index in [-0.39, 0.29) is 5.91 Å². The average Bonchev–Trinajstić information content (AvgIpc) is 3.27.